The largest absolute Gasteiger partial charge is 0.508 e. The number of methoxy groups -OCH3 is 1. The number of phenolic OH excluding ortho intramolecular Hbond substituents is 1. The number of phenols is 1. The van der Waals surface area contributed by atoms with Crippen LogP contribution in [0, 0.1) is 51.4 Å². The highest BCUT2D eigenvalue weighted by Crippen LogP contribution is 2.33. The third-order valence-electron chi connectivity index (χ3n) is 16.5. The molecule has 6 atom stereocenters. The van der Waals surface area contributed by atoms with Crippen LogP contribution in [0.3, 0.4) is 0 Å². The van der Waals surface area contributed by atoms with Crippen molar-refractivity contribution in [3.63, 3.8) is 0 Å². The van der Waals surface area contributed by atoms with Gasteiger partial charge in [0.05, 0.1) is 7.11 Å². The van der Waals surface area contributed by atoms with Gasteiger partial charge in [-0.25, -0.2) is 0 Å². The van der Waals surface area contributed by atoms with Crippen LogP contribution in [-0.2, 0) is 0 Å². The second-order valence-electron chi connectivity index (χ2n) is 25.6. The van der Waals surface area contributed by atoms with Crippen LogP contribution in [0.1, 0.15) is 231 Å². The first kappa shape index (κ1) is 77.3. The van der Waals surface area contributed by atoms with Crippen molar-refractivity contribution in [2.75, 3.05) is 48.4 Å². The summed E-state index contributed by atoms with van der Waals surface area (Å²) in [6.07, 6.45) is 6.99. The molecule has 474 valence electrons. The lowest BCUT2D eigenvalue weighted by Gasteiger charge is -2.26. The third-order valence-corrected chi connectivity index (χ3v) is 16.5. The van der Waals surface area contributed by atoms with Crippen molar-refractivity contribution < 1.29 is 12.7 Å². The molecule has 6 aromatic rings. The first-order valence-electron chi connectivity index (χ1n) is 32.5. The van der Waals surface area contributed by atoms with Crippen LogP contribution in [0.15, 0.2) is 157 Å². The van der Waals surface area contributed by atoms with Crippen LogP contribution >= 0.6 is 0 Å². The maximum atomic E-state index is 9.51. The maximum absolute atomic E-state index is 9.51. The van der Waals surface area contributed by atoms with E-state index in [1.165, 1.54) is 97.2 Å². The topological polar surface area (TPSA) is 35.9 Å². The summed E-state index contributed by atoms with van der Waals surface area (Å²) >= 11 is 0. The van der Waals surface area contributed by atoms with Crippen molar-refractivity contribution in [1.29, 1.82) is 0 Å². The number of hydrogen-bond acceptors (Lipinski definition) is 4. The van der Waals surface area contributed by atoms with E-state index in [0.29, 0.717) is 29.4 Å². The summed E-state index contributed by atoms with van der Waals surface area (Å²) in [6, 6.07) is 51.3. The number of rotatable bonds is 21. The summed E-state index contributed by atoms with van der Waals surface area (Å²) in [5.41, 5.74) is 19.6. The average molecular weight is 1160 g/mol. The Bertz CT molecular complexity index is 2690. The molecule has 0 aliphatic heterocycles. The fraction of sp³-hybridized carbons (Fsp3) is 0.506. The van der Waals surface area contributed by atoms with Crippen LogP contribution < -0.4 is 4.74 Å². The van der Waals surface area contributed by atoms with Crippen molar-refractivity contribution in [3.05, 3.63) is 212 Å². The van der Waals surface area contributed by atoms with Gasteiger partial charge in [-0.3, -0.25) is 0 Å². The molecule has 0 heterocycles. The normalized spacial score (nSPS) is 12.9. The molecule has 0 amide bonds. The molecule has 4 heteroatoms. The van der Waals surface area contributed by atoms with Gasteiger partial charge in [0.15, 0.2) is 0 Å². The Kier molecular flexibility index (Phi) is 38.4. The summed E-state index contributed by atoms with van der Waals surface area (Å²) in [4.78, 5) is 4.48. The molecular formula is C81H128N2O2. The lowest BCUT2D eigenvalue weighted by molar-refractivity contribution is 0.301. The zero-order valence-corrected chi connectivity index (χ0v) is 58.9. The Morgan fingerprint density at radius 3 is 0.988 bits per heavy atom. The SMILES string of the molecule is CCC(=C(C)C)c1cccc(C)c1.CCC(=C(C)C)c1cccc(C)c1.CCC(c1cccc(C)c1)C(C)C.CCC(c1cccc(C)c1)C(C)C.CC[C@@H](c1cccc(O)c1)[C@@H](C)CN(C)C.CC[C@@H](c1cccc(OC)c1)[C@@H](C)CN(C)C.[HH].[HH]. The summed E-state index contributed by atoms with van der Waals surface area (Å²) < 4.78 is 5.30. The van der Waals surface area contributed by atoms with Gasteiger partial charge in [0.25, 0.3) is 0 Å². The molecule has 2 unspecified atom stereocenters. The second-order valence-corrected chi connectivity index (χ2v) is 25.6. The Labute approximate surface area is 527 Å². The van der Waals surface area contributed by atoms with E-state index in [1.54, 1.807) is 13.2 Å². The molecule has 0 radical (unpaired) electrons. The Morgan fingerprint density at radius 2 is 0.718 bits per heavy atom. The molecule has 4 nitrogen and oxygen atoms in total. The Morgan fingerprint density at radius 1 is 0.412 bits per heavy atom. The van der Waals surface area contributed by atoms with Crippen molar-refractivity contribution in [1.82, 2.24) is 9.80 Å². The molecule has 0 saturated heterocycles. The van der Waals surface area contributed by atoms with E-state index in [0.717, 1.165) is 61.8 Å². The van der Waals surface area contributed by atoms with Gasteiger partial charge in [-0.05, 0) is 238 Å². The predicted molar refractivity (Wildman–Crippen MR) is 384 cm³/mol. The lowest BCUT2D eigenvalue weighted by Crippen LogP contribution is -2.24. The molecule has 0 aliphatic carbocycles. The number of ether oxygens (including phenoxy) is 1. The van der Waals surface area contributed by atoms with Gasteiger partial charge in [-0.15, -0.1) is 0 Å². The molecule has 0 spiro atoms. The minimum atomic E-state index is 0. The first-order valence-corrected chi connectivity index (χ1v) is 32.5. The van der Waals surface area contributed by atoms with Gasteiger partial charge in [0, 0.05) is 15.9 Å². The van der Waals surface area contributed by atoms with Gasteiger partial charge in [0.2, 0.25) is 0 Å². The van der Waals surface area contributed by atoms with E-state index in [-0.39, 0.29) is 2.85 Å². The summed E-state index contributed by atoms with van der Waals surface area (Å²) in [5, 5.41) is 9.51. The van der Waals surface area contributed by atoms with Crippen LogP contribution in [0.25, 0.3) is 11.1 Å². The van der Waals surface area contributed by atoms with Gasteiger partial charge < -0.3 is 19.6 Å². The minimum absolute atomic E-state index is 0. The molecule has 0 aromatic heterocycles. The molecule has 0 saturated carbocycles. The van der Waals surface area contributed by atoms with Crippen LogP contribution in [0.2, 0.25) is 0 Å². The van der Waals surface area contributed by atoms with E-state index in [2.05, 4.69) is 298 Å². The fourth-order valence-corrected chi connectivity index (χ4v) is 12.3. The second kappa shape index (κ2) is 42.2. The van der Waals surface area contributed by atoms with Crippen molar-refractivity contribution >= 4 is 11.1 Å². The Hall–Kier alpha value is -5.68. The van der Waals surface area contributed by atoms with Gasteiger partial charge in [0.1, 0.15) is 11.5 Å². The highest BCUT2D eigenvalue weighted by Gasteiger charge is 2.20. The summed E-state index contributed by atoms with van der Waals surface area (Å²) in [5.74, 6) is 6.63. The standard InChI is InChI=1S/C15H25NO.C14H23NO.2C13H20.2C13H18.2H2/c1-6-15(12(2)11-16(3)4)13-8-7-9-14(10-13)17-5;1-5-14(11(2)10-15(3)4)12-7-6-8-13(16)9-12;4*1-5-13(10(2)3)12-8-6-7-11(4)9-12;;/h7-10,12,15H,6,11H2,1-5H3;6-9,11,14,16H,5,10H2,1-4H3;2*6-10,13H,5H2,1-4H3;2*6-9H,5H2,1-4H3;2*1H/t12-,15+;11-,14+;;;;;;/m00....../s1. The number of aromatic hydroxyl groups is 1. The zero-order valence-electron chi connectivity index (χ0n) is 58.9. The summed E-state index contributed by atoms with van der Waals surface area (Å²) in [7, 11) is 10.2. The first-order chi connectivity index (χ1) is 40.2. The number of benzene rings is 6. The van der Waals surface area contributed by atoms with E-state index >= 15 is 0 Å². The maximum Gasteiger partial charge on any atom is 0.119 e. The number of aryl methyl sites for hydroxylation is 4. The van der Waals surface area contributed by atoms with Crippen molar-refractivity contribution in [2.24, 2.45) is 23.7 Å². The number of hydrogen-bond donors (Lipinski definition) is 1. The lowest BCUT2D eigenvalue weighted by atomic mass is 9.85. The van der Waals surface area contributed by atoms with Crippen molar-refractivity contribution in [3.8, 4) is 11.5 Å². The van der Waals surface area contributed by atoms with E-state index in [9.17, 15) is 5.11 Å². The van der Waals surface area contributed by atoms with Crippen LogP contribution in [-0.4, -0.2) is 63.3 Å². The van der Waals surface area contributed by atoms with Crippen LogP contribution in [0.5, 0.6) is 11.5 Å². The van der Waals surface area contributed by atoms with E-state index < -0.39 is 0 Å². The quantitative estimate of drug-likeness (QED) is 0.0779. The average Bonchev–Trinajstić information content (AvgIpc) is 3.65. The third kappa shape index (κ3) is 29.5. The monoisotopic (exact) mass is 1160 g/mol. The zero-order chi connectivity index (χ0) is 64.3. The molecule has 0 fully saturated rings. The van der Waals surface area contributed by atoms with Crippen LogP contribution in [0.4, 0.5) is 0 Å². The predicted octanol–water partition coefficient (Wildman–Crippen LogP) is 23.6. The smallest absolute Gasteiger partial charge is 0.119 e. The molecule has 0 bridgehead atoms. The van der Waals surface area contributed by atoms with E-state index in [1.807, 2.05) is 18.2 Å². The molecule has 6 aromatic carbocycles. The van der Waals surface area contributed by atoms with Crippen molar-refractivity contribution in [2.45, 2.75) is 201 Å². The minimum Gasteiger partial charge on any atom is -0.508 e. The van der Waals surface area contributed by atoms with Gasteiger partial charge in [-0.1, -0.05) is 238 Å². The molecule has 0 aliphatic rings. The number of allylic oxidation sites excluding steroid dienone is 4. The molecule has 85 heavy (non-hydrogen) atoms. The fourth-order valence-electron chi connectivity index (χ4n) is 12.3. The highest BCUT2D eigenvalue weighted by molar-refractivity contribution is 5.69. The molecule has 1 N–H and O–H groups in total. The Balaban J connectivity index is 0. The highest BCUT2D eigenvalue weighted by atomic mass is 16.5. The van der Waals surface area contributed by atoms with Gasteiger partial charge in [-0.2, -0.15) is 0 Å². The molecular weight excluding hydrogens is 1030 g/mol. The van der Waals surface area contributed by atoms with Gasteiger partial charge >= 0.3 is 0 Å². The summed E-state index contributed by atoms with van der Waals surface area (Å²) in [6.45, 7) is 46.8. The molecule has 6 rings (SSSR count). The van der Waals surface area contributed by atoms with E-state index in [4.69, 9.17) is 4.74 Å². The number of nitrogens with zero attached hydrogens (tertiary/aromatic N) is 2.